The zero-order valence-corrected chi connectivity index (χ0v) is 12.8. The molecule has 0 heterocycles. The molecule has 0 fully saturated rings. The van der Waals surface area contributed by atoms with Crippen molar-refractivity contribution in [2.75, 3.05) is 17.2 Å². The number of hydrogen-bond acceptors (Lipinski definition) is 3. The summed E-state index contributed by atoms with van der Waals surface area (Å²) in [4.78, 5) is 15.2. The number of amides is 1. The zero-order valence-electron chi connectivity index (χ0n) is 12.0. The molecule has 2 aromatic carbocycles. The molecule has 3 nitrogen and oxygen atoms in total. The number of carbonyl (C=O) groups excluding carboxylic acids is 1. The zero-order chi connectivity index (χ0) is 15.1. The molecule has 0 unspecified atom stereocenters. The number of rotatable bonds is 6. The van der Waals surface area contributed by atoms with E-state index in [1.54, 1.807) is 4.90 Å². The van der Waals surface area contributed by atoms with Crippen LogP contribution in [0.3, 0.4) is 0 Å². The SMILES string of the molecule is CCN(C(=O)CSc1ccc(CO)cc1)c1ccccc1. The minimum Gasteiger partial charge on any atom is -0.392 e. The van der Waals surface area contributed by atoms with Crippen LogP contribution in [-0.2, 0) is 11.4 Å². The van der Waals surface area contributed by atoms with Crippen LogP contribution in [0.25, 0.3) is 0 Å². The van der Waals surface area contributed by atoms with E-state index < -0.39 is 0 Å². The molecule has 0 aromatic heterocycles. The van der Waals surface area contributed by atoms with Gasteiger partial charge in [0, 0.05) is 17.1 Å². The number of hydrogen-bond donors (Lipinski definition) is 1. The van der Waals surface area contributed by atoms with Gasteiger partial charge in [-0.2, -0.15) is 0 Å². The number of para-hydroxylation sites is 1. The highest BCUT2D eigenvalue weighted by Gasteiger charge is 2.13. The van der Waals surface area contributed by atoms with E-state index >= 15 is 0 Å². The molecule has 0 atom stereocenters. The lowest BCUT2D eigenvalue weighted by atomic mass is 10.2. The Bertz CT molecular complexity index is 569. The summed E-state index contributed by atoms with van der Waals surface area (Å²) in [5.74, 6) is 0.501. The van der Waals surface area contributed by atoms with Gasteiger partial charge in [-0.1, -0.05) is 30.3 Å². The van der Waals surface area contributed by atoms with E-state index in [4.69, 9.17) is 5.11 Å². The number of aliphatic hydroxyl groups excluding tert-OH is 1. The van der Waals surface area contributed by atoms with Crippen molar-refractivity contribution in [3.05, 3.63) is 60.2 Å². The Kier molecular flexibility index (Phi) is 5.84. The number of anilines is 1. The molecule has 2 rings (SSSR count). The van der Waals surface area contributed by atoms with Crippen LogP contribution in [0.15, 0.2) is 59.5 Å². The molecule has 0 bridgehead atoms. The maximum absolute atomic E-state index is 12.3. The summed E-state index contributed by atoms with van der Waals surface area (Å²) in [7, 11) is 0. The summed E-state index contributed by atoms with van der Waals surface area (Å²) in [5, 5.41) is 9.01. The van der Waals surface area contributed by atoms with E-state index in [1.807, 2.05) is 61.5 Å². The van der Waals surface area contributed by atoms with Gasteiger partial charge in [-0.3, -0.25) is 4.79 Å². The van der Waals surface area contributed by atoms with Crippen molar-refractivity contribution < 1.29 is 9.90 Å². The number of aliphatic hydroxyl groups is 1. The minimum atomic E-state index is 0.0432. The summed E-state index contributed by atoms with van der Waals surface area (Å²) < 4.78 is 0. The molecular weight excluding hydrogens is 282 g/mol. The van der Waals surface area contributed by atoms with Crippen molar-refractivity contribution in [3.8, 4) is 0 Å². The fourth-order valence-electron chi connectivity index (χ4n) is 2.02. The van der Waals surface area contributed by atoms with E-state index in [-0.39, 0.29) is 12.5 Å². The summed E-state index contributed by atoms with van der Waals surface area (Å²) in [6, 6.07) is 17.3. The van der Waals surface area contributed by atoms with Gasteiger partial charge in [0.15, 0.2) is 0 Å². The third kappa shape index (κ3) is 4.34. The number of benzene rings is 2. The maximum atomic E-state index is 12.3. The van der Waals surface area contributed by atoms with Gasteiger partial charge in [0.2, 0.25) is 5.91 Å². The van der Waals surface area contributed by atoms with E-state index in [9.17, 15) is 4.79 Å². The number of carbonyl (C=O) groups is 1. The second-order valence-electron chi connectivity index (χ2n) is 4.56. The smallest absolute Gasteiger partial charge is 0.237 e. The predicted molar refractivity (Wildman–Crippen MR) is 87.6 cm³/mol. The second-order valence-corrected chi connectivity index (χ2v) is 5.61. The van der Waals surface area contributed by atoms with Gasteiger partial charge in [-0.05, 0) is 36.8 Å². The van der Waals surface area contributed by atoms with Gasteiger partial charge in [-0.25, -0.2) is 0 Å². The van der Waals surface area contributed by atoms with Crippen molar-refractivity contribution in [1.82, 2.24) is 0 Å². The lowest BCUT2D eigenvalue weighted by molar-refractivity contribution is -0.116. The Morgan fingerprint density at radius 1 is 1.10 bits per heavy atom. The highest BCUT2D eigenvalue weighted by molar-refractivity contribution is 8.00. The van der Waals surface area contributed by atoms with Gasteiger partial charge >= 0.3 is 0 Å². The maximum Gasteiger partial charge on any atom is 0.237 e. The van der Waals surface area contributed by atoms with Crippen molar-refractivity contribution in [1.29, 1.82) is 0 Å². The minimum absolute atomic E-state index is 0.0432. The monoisotopic (exact) mass is 301 g/mol. The van der Waals surface area contributed by atoms with Crippen LogP contribution in [0.2, 0.25) is 0 Å². The van der Waals surface area contributed by atoms with Crippen LogP contribution >= 0.6 is 11.8 Å². The average molecular weight is 301 g/mol. The molecule has 0 aliphatic carbocycles. The van der Waals surface area contributed by atoms with Crippen LogP contribution in [-0.4, -0.2) is 23.3 Å². The second kappa shape index (κ2) is 7.86. The lowest BCUT2D eigenvalue weighted by Crippen LogP contribution is -2.32. The first kappa shape index (κ1) is 15.6. The molecule has 0 spiro atoms. The fraction of sp³-hybridized carbons (Fsp3) is 0.235. The molecule has 0 aliphatic rings. The first-order valence-electron chi connectivity index (χ1n) is 6.92. The van der Waals surface area contributed by atoms with Crippen molar-refractivity contribution in [2.24, 2.45) is 0 Å². The normalized spacial score (nSPS) is 10.4. The number of nitrogens with zero attached hydrogens (tertiary/aromatic N) is 1. The van der Waals surface area contributed by atoms with Crippen LogP contribution in [0, 0.1) is 0 Å². The lowest BCUT2D eigenvalue weighted by Gasteiger charge is -2.20. The quantitative estimate of drug-likeness (QED) is 0.832. The van der Waals surface area contributed by atoms with Gasteiger partial charge in [0.05, 0.1) is 12.4 Å². The Morgan fingerprint density at radius 3 is 2.33 bits per heavy atom. The van der Waals surface area contributed by atoms with Crippen molar-refractivity contribution in [3.63, 3.8) is 0 Å². The molecule has 1 amide bonds. The van der Waals surface area contributed by atoms with E-state index in [0.29, 0.717) is 12.3 Å². The van der Waals surface area contributed by atoms with E-state index in [1.165, 1.54) is 11.8 Å². The Hall–Kier alpha value is -1.78. The molecule has 21 heavy (non-hydrogen) atoms. The highest BCUT2D eigenvalue weighted by Crippen LogP contribution is 2.21. The summed E-state index contributed by atoms with van der Waals surface area (Å²) in [6.07, 6.45) is 0. The molecule has 0 aliphatic heterocycles. The Balaban J connectivity index is 1.96. The van der Waals surface area contributed by atoms with Gasteiger partial charge in [0.1, 0.15) is 0 Å². The molecule has 0 saturated heterocycles. The molecule has 0 radical (unpaired) electrons. The molecule has 0 saturated carbocycles. The van der Waals surface area contributed by atoms with Crippen molar-refractivity contribution in [2.45, 2.75) is 18.4 Å². The summed E-state index contributed by atoms with van der Waals surface area (Å²) >= 11 is 1.51. The highest BCUT2D eigenvalue weighted by atomic mass is 32.2. The summed E-state index contributed by atoms with van der Waals surface area (Å²) in [6.45, 7) is 2.68. The van der Waals surface area contributed by atoms with Crippen LogP contribution < -0.4 is 4.90 Å². The predicted octanol–water partition coefficient (Wildman–Crippen LogP) is 3.32. The molecule has 4 heteroatoms. The van der Waals surface area contributed by atoms with E-state index in [2.05, 4.69) is 0 Å². The van der Waals surface area contributed by atoms with Crippen LogP contribution in [0.4, 0.5) is 5.69 Å². The molecule has 2 aromatic rings. The third-order valence-corrected chi connectivity index (χ3v) is 4.15. The topological polar surface area (TPSA) is 40.5 Å². The van der Waals surface area contributed by atoms with Gasteiger partial charge < -0.3 is 10.0 Å². The fourth-order valence-corrected chi connectivity index (χ4v) is 2.80. The first-order valence-corrected chi connectivity index (χ1v) is 7.91. The number of thioether (sulfide) groups is 1. The van der Waals surface area contributed by atoms with Gasteiger partial charge in [0.25, 0.3) is 0 Å². The third-order valence-electron chi connectivity index (χ3n) is 3.15. The first-order chi connectivity index (χ1) is 10.2. The van der Waals surface area contributed by atoms with Crippen LogP contribution in [0.1, 0.15) is 12.5 Å². The summed E-state index contributed by atoms with van der Waals surface area (Å²) in [5.41, 5.74) is 1.81. The molecular formula is C17H19NO2S. The Morgan fingerprint density at radius 2 is 1.76 bits per heavy atom. The van der Waals surface area contributed by atoms with Crippen LogP contribution in [0.5, 0.6) is 0 Å². The van der Waals surface area contributed by atoms with Crippen molar-refractivity contribution >= 4 is 23.4 Å². The molecule has 1 N–H and O–H groups in total. The molecule has 110 valence electrons. The van der Waals surface area contributed by atoms with Gasteiger partial charge in [-0.15, -0.1) is 11.8 Å². The average Bonchev–Trinajstić information content (AvgIpc) is 2.55. The Labute approximate surface area is 129 Å². The van der Waals surface area contributed by atoms with E-state index in [0.717, 1.165) is 16.1 Å². The largest absolute Gasteiger partial charge is 0.392 e. The standard InChI is InChI=1S/C17H19NO2S/c1-2-18(15-6-4-3-5-7-15)17(20)13-21-16-10-8-14(12-19)9-11-16/h3-11,19H,2,12-13H2,1H3.